The number of rotatable bonds is 3. The second-order valence-electron chi connectivity index (χ2n) is 2.55. The monoisotopic (exact) mass is 377 g/mol. The van der Waals surface area contributed by atoms with Crippen LogP contribution >= 0.6 is 38.5 Å². The molecule has 0 radical (unpaired) electrons. The highest BCUT2D eigenvalue weighted by Crippen LogP contribution is 2.28. The maximum atomic E-state index is 12.5. The summed E-state index contributed by atoms with van der Waals surface area (Å²) < 4.78 is 25.6. The van der Waals surface area contributed by atoms with E-state index in [0.717, 1.165) is 6.20 Å². The zero-order chi connectivity index (χ0) is 10.7. The van der Waals surface area contributed by atoms with Gasteiger partial charge in [-0.05, 0) is 28.2 Å². The van der Waals surface area contributed by atoms with E-state index < -0.39 is 6.43 Å². The first-order valence-corrected chi connectivity index (χ1v) is 5.93. The number of aliphatic hydroxyl groups is 1. The fourth-order valence-corrected chi connectivity index (χ4v) is 2.87. The number of aliphatic hydroxyl groups excluding tert-OH is 1. The van der Waals surface area contributed by atoms with Crippen molar-refractivity contribution >= 4 is 38.5 Å². The van der Waals surface area contributed by atoms with Crippen LogP contribution in [0.4, 0.5) is 8.78 Å². The number of halogens is 4. The van der Waals surface area contributed by atoms with Gasteiger partial charge in [0.15, 0.2) is 0 Å². The molecule has 1 aromatic rings. The molecule has 0 amide bonds. The zero-order valence-corrected chi connectivity index (χ0v) is 10.7. The Morgan fingerprint density at radius 1 is 1.50 bits per heavy atom. The van der Waals surface area contributed by atoms with Gasteiger partial charge in [-0.2, -0.15) is 0 Å². The zero-order valence-electron chi connectivity index (χ0n) is 6.98. The Morgan fingerprint density at radius 3 is 2.57 bits per heavy atom. The molecule has 6 heteroatoms. The number of aromatic nitrogens is 1. The van der Waals surface area contributed by atoms with Crippen molar-refractivity contribution in [2.45, 2.75) is 18.4 Å². The molecule has 0 bridgehead atoms. The molecule has 0 spiro atoms. The predicted octanol–water partition coefficient (Wildman–Crippen LogP) is 3.01. The summed E-state index contributed by atoms with van der Waals surface area (Å²) in [5.74, 6) is 0. The molecule has 0 atom stereocenters. The van der Waals surface area contributed by atoms with Gasteiger partial charge in [0.2, 0.25) is 0 Å². The average Bonchev–Trinajstić information content (AvgIpc) is 2.16. The van der Waals surface area contributed by atoms with Crippen molar-refractivity contribution < 1.29 is 13.9 Å². The van der Waals surface area contributed by atoms with E-state index in [9.17, 15) is 8.78 Å². The Labute approximate surface area is 102 Å². The molecule has 1 N–H and O–H groups in total. The molecule has 0 aromatic carbocycles. The first kappa shape index (κ1) is 12.3. The van der Waals surface area contributed by atoms with Crippen molar-refractivity contribution in [1.82, 2.24) is 4.98 Å². The van der Waals surface area contributed by atoms with Crippen molar-refractivity contribution in [2.75, 3.05) is 0 Å². The van der Waals surface area contributed by atoms with Crippen LogP contribution in [0.25, 0.3) is 0 Å². The average molecular weight is 378 g/mol. The van der Waals surface area contributed by atoms with Gasteiger partial charge in [-0.15, -0.1) is 0 Å². The minimum absolute atomic E-state index is 0.192. The minimum atomic E-state index is -2.60. The van der Waals surface area contributed by atoms with Crippen molar-refractivity contribution in [1.29, 1.82) is 0 Å². The summed E-state index contributed by atoms with van der Waals surface area (Å²) in [6.07, 6.45) is -1.48. The van der Waals surface area contributed by atoms with Gasteiger partial charge in [0.1, 0.15) is 3.70 Å². The molecule has 0 saturated carbocycles. The Kier molecular flexibility index (Phi) is 4.65. The van der Waals surface area contributed by atoms with Gasteiger partial charge in [-0.1, -0.05) is 15.9 Å². The lowest BCUT2D eigenvalue weighted by atomic mass is 10.1. The van der Waals surface area contributed by atoms with Crippen LogP contribution in [0.1, 0.15) is 23.1 Å². The van der Waals surface area contributed by atoms with Gasteiger partial charge >= 0.3 is 0 Å². The smallest absolute Gasteiger partial charge is 0.265 e. The second kappa shape index (κ2) is 5.32. The fourth-order valence-electron chi connectivity index (χ4n) is 1.09. The number of hydrogen-bond donors (Lipinski definition) is 1. The molecule has 1 rings (SSSR count). The van der Waals surface area contributed by atoms with Gasteiger partial charge in [0.05, 0.1) is 6.61 Å². The molecular formula is C8H7BrF2INO. The molecule has 2 nitrogen and oxygen atoms in total. The fraction of sp³-hybridized carbons (Fsp3) is 0.375. The highest BCUT2D eigenvalue weighted by Gasteiger charge is 2.17. The lowest BCUT2D eigenvalue weighted by molar-refractivity contribution is 0.146. The van der Waals surface area contributed by atoms with E-state index >= 15 is 0 Å². The largest absolute Gasteiger partial charge is 0.392 e. The van der Waals surface area contributed by atoms with Crippen molar-refractivity contribution in [2.24, 2.45) is 0 Å². The number of pyridine rings is 1. The molecule has 0 fully saturated rings. The van der Waals surface area contributed by atoms with Crippen molar-refractivity contribution in [3.8, 4) is 0 Å². The van der Waals surface area contributed by atoms with E-state index in [1.54, 1.807) is 0 Å². The van der Waals surface area contributed by atoms with Crippen LogP contribution in [0.15, 0.2) is 6.20 Å². The quantitative estimate of drug-likeness (QED) is 0.499. The topological polar surface area (TPSA) is 33.1 Å². The van der Waals surface area contributed by atoms with Gasteiger partial charge in [0.25, 0.3) is 6.43 Å². The third-order valence-electron chi connectivity index (χ3n) is 1.81. The first-order chi connectivity index (χ1) is 6.61. The van der Waals surface area contributed by atoms with Crippen molar-refractivity contribution in [3.05, 3.63) is 26.6 Å². The SMILES string of the molecule is OCc1c(C(F)F)cnc(I)c1CBr. The van der Waals surface area contributed by atoms with Gasteiger partial charge in [-0.25, -0.2) is 13.8 Å². The second-order valence-corrected chi connectivity index (χ2v) is 4.14. The van der Waals surface area contributed by atoms with Crippen molar-refractivity contribution in [3.63, 3.8) is 0 Å². The summed E-state index contributed by atoms with van der Waals surface area (Å²) in [5, 5.41) is 9.43. The van der Waals surface area contributed by atoms with Crippen LogP contribution in [-0.4, -0.2) is 10.1 Å². The van der Waals surface area contributed by atoms with Crippen LogP contribution in [0.5, 0.6) is 0 Å². The third-order valence-corrected chi connectivity index (χ3v) is 3.30. The van der Waals surface area contributed by atoms with Crippen LogP contribution in [-0.2, 0) is 11.9 Å². The van der Waals surface area contributed by atoms with E-state index in [0.29, 0.717) is 14.6 Å². The standard InChI is InChI=1S/C8H7BrF2INO/c9-1-4-6(3-14)5(7(10)11)2-13-8(4)12/h2,7,14H,1,3H2. The Bertz CT molecular complexity index is 335. The first-order valence-electron chi connectivity index (χ1n) is 3.73. The predicted molar refractivity (Wildman–Crippen MR) is 60.5 cm³/mol. The maximum absolute atomic E-state index is 12.5. The maximum Gasteiger partial charge on any atom is 0.265 e. The van der Waals surface area contributed by atoms with Crippen LogP contribution in [0, 0.1) is 3.70 Å². The van der Waals surface area contributed by atoms with Gasteiger partial charge in [-0.3, -0.25) is 0 Å². The lowest BCUT2D eigenvalue weighted by Crippen LogP contribution is -2.04. The summed E-state index contributed by atoms with van der Waals surface area (Å²) in [4.78, 5) is 3.85. The third kappa shape index (κ3) is 2.40. The Hall–Kier alpha value is 0.180. The number of hydrogen-bond acceptors (Lipinski definition) is 2. The number of alkyl halides is 3. The van der Waals surface area contributed by atoms with Gasteiger partial charge in [0, 0.05) is 22.7 Å². The summed E-state index contributed by atoms with van der Waals surface area (Å²) in [5.41, 5.74) is 0.713. The van der Waals surface area contributed by atoms with Gasteiger partial charge < -0.3 is 5.11 Å². The van der Waals surface area contributed by atoms with E-state index in [2.05, 4.69) is 20.9 Å². The summed E-state index contributed by atoms with van der Waals surface area (Å²) >= 11 is 5.13. The molecule has 78 valence electrons. The summed E-state index contributed by atoms with van der Waals surface area (Å²) in [6.45, 7) is -0.390. The lowest BCUT2D eigenvalue weighted by Gasteiger charge is -2.11. The normalized spacial score (nSPS) is 11.0. The van der Waals surface area contributed by atoms with E-state index in [-0.39, 0.29) is 17.7 Å². The Morgan fingerprint density at radius 2 is 2.14 bits per heavy atom. The van der Waals surface area contributed by atoms with E-state index in [1.807, 2.05) is 22.6 Å². The highest BCUT2D eigenvalue weighted by atomic mass is 127. The summed E-state index contributed by atoms with van der Waals surface area (Å²) in [7, 11) is 0. The molecule has 1 heterocycles. The summed E-state index contributed by atoms with van der Waals surface area (Å²) in [6, 6.07) is 0. The Balaban J connectivity index is 3.33. The van der Waals surface area contributed by atoms with E-state index in [1.165, 1.54) is 0 Å². The number of nitrogens with zero attached hydrogens (tertiary/aromatic N) is 1. The molecule has 0 unspecified atom stereocenters. The molecule has 0 saturated heterocycles. The van der Waals surface area contributed by atoms with Crippen LogP contribution in [0.2, 0.25) is 0 Å². The minimum Gasteiger partial charge on any atom is -0.392 e. The van der Waals surface area contributed by atoms with Crippen LogP contribution in [0.3, 0.4) is 0 Å². The van der Waals surface area contributed by atoms with Crippen LogP contribution < -0.4 is 0 Å². The molecule has 1 aromatic heterocycles. The molecule has 0 aliphatic rings. The highest BCUT2D eigenvalue weighted by molar-refractivity contribution is 14.1. The van der Waals surface area contributed by atoms with E-state index in [4.69, 9.17) is 5.11 Å². The molecular weight excluding hydrogens is 371 g/mol. The molecule has 0 aliphatic carbocycles. The molecule has 14 heavy (non-hydrogen) atoms. The molecule has 0 aliphatic heterocycles.